The van der Waals surface area contributed by atoms with Crippen LogP contribution in [0.25, 0.3) is 0 Å². The number of hydrogen-bond acceptors (Lipinski definition) is 7. The molecule has 0 bridgehead atoms. The molecule has 2 heterocycles. The van der Waals surface area contributed by atoms with Gasteiger partial charge in [-0.3, -0.25) is 0 Å². The Balaban J connectivity index is 1.54. The third-order valence-corrected chi connectivity index (χ3v) is 5.35. The maximum absolute atomic E-state index is 11.3. The number of aromatic nitrogens is 2. The van der Waals surface area contributed by atoms with Crippen molar-refractivity contribution in [1.82, 2.24) is 14.9 Å². The van der Waals surface area contributed by atoms with Crippen LogP contribution in [-0.4, -0.2) is 63.1 Å². The summed E-state index contributed by atoms with van der Waals surface area (Å²) in [6, 6.07) is 8.51. The number of primary sulfonamides is 1. The zero-order valence-electron chi connectivity index (χ0n) is 14.8. The first-order valence-electron chi connectivity index (χ1n) is 8.54. The first-order valence-corrected chi connectivity index (χ1v) is 10.1. The zero-order valence-corrected chi connectivity index (χ0v) is 15.6. The summed E-state index contributed by atoms with van der Waals surface area (Å²) in [5.41, 5.74) is 1.01. The van der Waals surface area contributed by atoms with E-state index in [4.69, 9.17) is 5.14 Å². The molecule has 1 aromatic heterocycles. The fourth-order valence-corrected chi connectivity index (χ4v) is 3.33. The van der Waals surface area contributed by atoms with E-state index in [1.165, 1.54) is 12.1 Å². The lowest BCUT2D eigenvalue weighted by molar-refractivity contribution is 0.312. The van der Waals surface area contributed by atoms with Crippen LogP contribution in [0.5, 0.6) is 0 Å². The van der Waals surface area contributed by atoms with E-state index in [1.807, 2.05) is 6.07 Å². The standard InChI is InChI=1S/C17H24N6O2S/c1-22-10-12-23(13-11-22)16-7-9-20-17(21-16)19-8-6-14-2-4-15(5-3-14)26(18,24)25/h2-5,7,9H,6,8,10-13H2,1H3,(H2,18,24,25)(H,19,20,21). The number of piperazine rings is 1. The average Bonchev–Trinajstić information content (AvgIpc) is 2.62. The van der Waals surface area contributed by atoms with Crippen molar-refractivity contribution >= 4 is 21.8 Å². The highest BCUT2D eigenvalue weighted by Crippen LogP contribution is 2.14. The predicted octanol–water partition coefficient (Wildman–Crippen LogP) is 0.530. The van der Waals surface area contributed by atoms with Crippen LogP contribution in [0.15, 0.2) is 41.4 Å². The second kappa shape index (κ2) is 7.98. The average molecular weight is 376 g/mol. The van der Waals surface area contributed by atoms with Gasteiger partial charge in [0.05, 0.1) is 4.90 Å². The number of nitrogens with zero attached hydrogens (tertiary/aromatic N) is 4. The van der Waals surface area contributed by atoms with Gasteiger partial charge in [0.1, 0.15) is 5.82 Å². The summed E-state index contributed by atoms with van der Waals surface area (Å²) in [6.45, 7) is 4.64. The maximum atomic E-state index is 11.3. The molecule has 140 valence electrons. The molecule has 0 saturated carbocycles. The lowest BCUT2D eigenvalue weighted by Gasteiger charge is -2.33. The van der Waals surface area contributed by atoms with Gasteiger partial charge in [0.2, 0.25) is 16.0 Å². The molecule has 1 aliphatic rings. The molecule has 3 rings (SSSR count). The molecule has 1 aromatic carbocycles. The van der Waals surface area contributed by atoms with Gasteiger partial charge in [0.25, 0.3) is 0 Å². The van der Waals surface area contributed by atoms with E-state index in [2.05, 4.69) is 32.1 Å². The van der Waals surface area contributed by atoms with Crippen molar-refractivity contribution in [2.24, 2.45) is 5.14 Å². The molecule has 1 saturated heterocycles. The Hall–Kier alpha value is -2.23. The van der Waals surface area contributed by atoms with E-state index in [-0.39, 0.29) is 4.90 Å². The minimum atomic E-state index is -3.65. The van der Waals surface area contributed by atoms with E-state index in [0.717, 1.165) is 44.0 Å². The molecular weight excluding hydrogens is 352 g/mol. The van der Waals surface area contributed by atoms with Crippen LogP contribution < -0.4 is 15.4 Å². The van der Waals surface area contributed by atoms with Gasteiger partial charge in [-0.15, -0.1) is 0 Å². The van der Waals surface area contributed by atoms with E-state index >= 15 is 0 Å². The van der Waals surface area contributed by atoms with Crippen LogP contribution in [0.4, 0.5) is 11.8 Å². The maximum Gasteiger partial charge on any atom is 0.238 e. The molecule has 0 atom stereocenters. The minimum Gasteiger partial charge on any atom is -0.354 e. The van der Waals surface area contributed by atoms with Crippen molar-refractivity contribution < 1.29 is 8.42 Å². The SMILES string of the molecule is CN1CCN(c2ccnc(NCCc3ccc(S(N)(=O)=O)cc3)n2)CC1. The Morgan fingerprint density at radius 1 is 1.12 bits per heavy atom. The monoisotopic (exact) mass is 376 g/mol. The van der Waals surface area contributed by atoms with Gasteiger partial charge >= 0.3 is 0 Å². The van der Waals surface area contributed by atoms with Gasteiger partial charge in [-0.1, -0.05) is 12.1 Å². The van der Waals surface area contributed by atoms with E-state index in [1.54, 1.807) is 18.3 Å². The van der Waals surface area contributed by atoms with Crippen molar-refractivity contribution in [3.63, 3.8) is 0 Å². The molecule has 8 nitrogen and oxygen atoms in total. The van der Waals surface area contributed by atoms with Gasteiger partial charge in [0.15, 0.2) is 0 Å². The summed E-state index contributed by atoms with van der Waals surface area (Å²) < 4.78 is 22.5. The normalized spacial score (nSPS) is 15.8. The number of hydrogen-bond donors (Lipinski definition) is 2. The van der Waals surface area contributed by atoms with Crippen LogP contribution in [0.1, 0.15) is 5.56 Å². The Morgan fingerprint density at radius 2 is 1.81 bits per heavy atom. The van der Waals surface area contributed by atoms with Gasteiger partial charge in [-0.2, -0.15) is 4.98 Å². The Bertz CT molecular complexity index is 833. The largest absolute Gasteiger partial charge is 0.354 e. The molecule has 1 aliphatic heterocycles. The van der Waals surface area contributed by atoms with Crippen LogP contribution in [0, 0.1) is 0 Å². The van der Waals surface area contributed by atoms with Gasteiger partial charge in [-0.25, -0.2) is 18.5 Å². The molecular formula is C17H24N6O2S. The second-order valence-corrected chi connectivity index (χ2v) is 7.96. The third kappa shape index (κ3) is 4.90. The molecule has 0 amide bonds. The van der Waals surface area contributed by atoms with E-state index < -0.39 is 10.0 Å². The summed E-state index contributed by atoms with van der Waals surface area (Å²) in [6.07, 6.45) is 2.50. The summed E-state index contributed by atoms with van der Waals surface area (Å²) in [5, 5.41) is 8.33. The Labute approximate surface area is 154 Å². The van der Waals surface area contributed by atoms with Crippen molar-refractivity contribution in [3.8, 4) is 0 Å². The number of sulfonamides is 1. The van der Waals surface area contributed by atoms with Gasteiger partial charge < -0.3 is 15.1 Å². The molecule has 2 aromatic rings. The summed E-state index contributed by atoms with van der Waals surface area (Å²) in [5.74, 6) is 1.54. The van der Waals surface area contributed by atoms with E-state index in [0.29, 0.717) is 12.5 Å². The Kier molecular flexibility index (Phi) is 5.70. The lowest BCUT2D eigenvalue weighted by atomic mass is 10.1. The van der Waals surface area contributed by atoms with Crippen LogP contribution >= 0.6 is 0 Å². The molecule has 0 aliphatic carbocycles. The molecule has 0 radical (unpaired) electrons. The molecule has 3 N–H and O–H groups in total. The second-order valence-electron chi connectivity index (χ2n) is 6.39. The van der Waals surface area contributed by atoms with Crippen LogP contribution in [-0.2, 0) is 16.4 Å². The molecule has 0 unspecified atom stereocenters. The summed E-state index contributed by atoms with van der Waals surface area (Å²) in [4.78, 5) is 13.5. The lowest BCUT2D eigenvalue weighted by Crippen LogP contribution is -2.44. The number of benzene rings is 1. The smallest absolute Gasteiger partial charge is 0.238 e. The first-order chi connectivity index (χ1) is 12.4. The van der Waals surface area contributed by atoms with Crippen molar-refractivity contribution in [2.75, 3.05) is 50.0 Å². The highest BCUT2D eigenvalue weighted by molar-refractivity contribution is 7.89. The third-order valence-electron chi connectivity index (χ3n) is 4.42. The molecule has 0 spiro atoms. The number of nitrogens with two attached hydrogens (primary N) is 1. The highest BCUT2D eigenvalue weighted by atomic mass is 32.2. The molecule has 1 fully saturated rings. The van der Waals surface area contributed by atoms with Crippen LogP contribution in [0.2, 0.25) is 0 Å². The van der Waals surface area contributed by atoms with E-state index in [9.17, 15) is 8.42 Å². The van der Waals surface area contributed by atoms with Crippen LogP contribution in [0.3, 0.4) is 0 Å². The first kappa shape index (κ1) is 18.6. The van der Waals surface area contributed by atoms with Crippen molar-refractivity contribution in [2.45, 2.75) is 11.3 Å². The topological polar surface area (TPSA) is 104 Å². The van der Waals surface area contributed by atoms with Gasteiger partial charge in [-0.05, 0) is 37.2 Å². The Morgan fingerprint density at radius 3 is 2.46 bits per heavy atom. The number of rotatable bonds is 6. The fourth-order valence-electron chi connectivity index (χ4n) is 2.81. The summed E-state index contributed by atoms with van der Waals surface area (Å²) in [7, 11) is -1.52. The fraction of sp³-hybridized carbons (Fsp3) is 0.412. The zero-order chi connectivity index (χ0) is 18.6. The highest BCUT2D eigenvalue weighted by Gasteiger charge is 2.15. The number of anilines is 2. The molecule has 26 heavy (non-hydrogen) atoms. The predicted molar refractivity (Wildman–Crippen MR) is 102 cm³/mol. The van der Waals surface area contributed by atoms with Crippen molar-refractivity contribution in [3.05, 3.63) is 42.1 Å². The molecule has 9 heteroatoms. The van der Waals surface area contributed by atoms with Gasteiger partial charge in [0, 0.05) is 38.9 Å². The summed E-state index contributed by atoms with van der Waals surface area (Å²) >= 11 is 0. The number of nitrogens with one attached hydrogen (secondary N) is 1. The quantitative estimate of drug-likeness (QED) is 0.758. The minimum absolute atomic E-state index is 0.123. The number of likely N-dealkylation sites (N-methyl/N-ethyl adjacent to an activating group) is 1. The van der Waals surface area contributed by atoms with Crippen molar-refractivity contribution in [1.29, 1.82) is 0 Å².